The Morgan fingerprint density at radius 1 is 1.23 bits per heavy atom. The number of amides is 2. The number of hydrogen-bond donors (Lipinski definition) is 2. The van der Waals surface area contributed by atoms with Crippen molar-refractivity contribution in [3.63, 3.8) is 0 Å². The van der Waals surface area contributed by atoms with Gasteiger partial charge in [-0.1, -0.05) is 6.92 Å². The van der Waals surface area contributed by atoms with Gasteiger partial charge in [0, 0.05) is 11.4 Å². The first-order valence-corrected chi connectivity index (χ1v) is 9.55. The van der Waals surface area contributed by atoms with Crippen LogP contribution < -0.4 is 15.4 Å². The molecule has 0 spiro atoms. The normalized spacial score (nSPS) is 12.3. The maximum absolute atomic E-state index is 12.2. The van der Waals surface area contributed by atoms with Gasteiger partial charge in [0.2, 0.25) is 5.91 Å². The van der Waals surface area contributed by atoms with Crippen LogP contribution >= 0.6 is 0 Å². The lowest BCUT2D eigenvalue weighted by Gasteiger charge is -2.14. The Kier molecular flexibility index (Phi) is 6.04. The molecule has 0 saturated heterocycles. The summed E-state index contributed by atoms with van der Waals surface area (Å²) in [4.78, 5) is 24.3. The minimum absolute atomic E-state index is 0.115. The van der Waals surface area contributed by atoms with Gasteiger partial charge in [0.05, 0.1) is 19.1 Å². The van der Waals surface area contributed by atoms with Gasteiger partial charge >= 0.3 is 0 Å². The molecule has 0 saturated carbocycles. The summed E-state index contributed by atoms with van der Waals surface area (Å²) in [5.74, 6) is -0.783. The molecule has 0 radical (unpaired) electrons. The van der Waals surface area contributed by atoms with Crippen LogP contribution in [0.1, 0.15) is 24.4 Å². The number of furan rings is 1. The molecule has 2 aromatic rings. The number of rotatable bonds is 7. The van der Waals surface area contributed by atoms with E-state index < -0.39 is 26.9 Å². The zero-order valence-corrected chi connectivity index (χ0v) is 15.4. The van der Waals surface area contributed by atoms with Crippen LogP contribution in [0.15, 0.2) is 41.0 Å². The number of benzene rings is 1. The number of hydrogen-bond acceptors (Lipinski definition) is 6. The van der Waals surface area contributed by atoms with Gasteiger partial charge in [-0.05, 0) is 37.3 Å². The van der Waals surface area contributed by atoms with Crippen molar-refractivity contribution < 1.29 is 27.2 Å². The number of nitrogens with one attached hydrogen (secondary N) is 2. The summed E-state index contributed by atoms with van der Waals surface area (Å²) >= 11 is 0. The van der Waals surface area contributed by atoms with Crippen LogP contribution in [0.5, 0.6) is 5.75 Å². The molecule has 0 bridgehead atoms. The molecule has 0 aliphatic heterocycles. The van der Waals surface area contributed by atoms with E-state index in [-0.39, 0.29) is 11.5 Å². The number of methoxy groups -OCH3 is 1. The SMILES string of the molecule is CCS(=O)(=O)[C@H](C)C(=O)Nc1ccc(OC)c(NC(=O)c2ccco2)c1. The molecule has 140 valence electrons. The van der Waals surface area contributed by atoms with Gasteiger partial charge in [-0.2, -0.15) is 0 Å². The van der Waals surface area contributed by atoms with Crippen molar-refractivity contribution in [1.29, 1.82) is 0 Å². The lowest BCUT2D eigenvalue weighted by atomic mass is 10.2. The quantitative estimate of drug-likeness (QED) is 0.762. The van der Waals surface area contributed by atoms with Crippen molar-refractivity contribution in [2.75, 3.05) is 23.5 Å². The largest absolute Gasteiger partial charge is 0.495 e. The van der Waals surface area contributed by atoms with Crippen molar-refractivity contribution >= 4 is 33.0 Å². The van der Waals surface area contributed by atoms with E-state index in [0.717, 1.165) is 0 Å². The average Bonchev–Trinajstić information content (AvgIpc) is 3.16. The molecule has 1 aromatic carbocycles. The molecule has 26 heavy (non-hydrogen) atoms. The van der Waals surface area contributed by atoms with Crippen LogP contribution in [0.3, 0.4) is 0 Å². The highest BCUT2D eigenvalue weighted by molar-refractivity contribution is 7.92. The Morgan fingerprint density at radius 3 is 2.54 bits per heavy atom. The average molecular weight is 380 g/mol. The summed E-state index contributed by atoms with van der Waals surface area (Å²) in [5.41, 5.74) is 0.626. The highest BCUT2D eigenvalue weighted by Gasteiger charge is 2.26. The maximum atomic E-state index is 12.2. The molecule has 0 aliphatic carbocycles. The standard InChI is InChI=1S/C17H20N2O6S/c1-4-26(22,23)11(2)16(20)18-12-7-8-14(24-3)13(10-12)19-17(21)15-6-5-9-25-15/h5-11H,4H2,1-3H3,(H,18,20)(H,19,21)/t11-/m1/s1. The molecule has 2 N–H and O–H groups in total. The van der Waals surface area contributed by atoms with Gasteiger partial charge in [0.1, 0.15) is 11.0 Å². The summed E-state index contributed by atoms with van der Waals surface area (Å²) in [6.07, 6.45) is 1.37. The number of anilines is 2. The molecular weight excluding hydrogens is 360 g/mol. The summed E-state index contributed by atoms with van der Waals surface area (Å²) in [7, 11) is -2.07. The zero-order valence-electron chi connectivity index (χ0n) is 14.6. The third kappa shape index (κ3) is 4.42. The summed E-state index contributed by atoms with van der Waals surface area (Å²) < 4.78 is 33.9. The summed E-state index contributed by atoms with van der Waals surface area (Å²) in [6.45, 7) is 2.81. The van der Waals surface area contributed by atoms with Crippen LogP contribution in [0.25, 0.3) is 0 Å². The van der Waals surface area contributed by atoms with Crippen molar-refractivity contribution in [1.82, 2.24) is 0 Å². The molecule has 2 amide bonds. The molecule has 9 heteroatoms. The Bertz CT molecular complexity index is 890. The minimum Gasteiger partial charge on any atom is -0.495 e. The van der Waals surface area contributed by atoms with Gasteiger partial charge in [0.15, 0.2) is 15.6 Å². The molecule has 1 aromatic heterocycles. The maximum Gasteiger partial charge on any atom is 0.291 e. The lowest BCUT2D eigenvalue weighted by molar-refractivity contribution is -0.115. The Morgan fingerprint density at radius 2 is 1.96 bits per heavy atom. The first kappa shape index (κ1) is 19.5. The van der Waals surface area contributed by atoms with Crippen molar-refractivity contribution in [2.45, 2.75) is 19.1 Å². The summed E-state index contributed by atoms with van der Waals surface area (Å²) in [6, 6.07) is 7.66. The predicted molar refractivity (Wildman–Crippen MR) is 97.2 cm³/mol. The molecule has 1 atom stereocenters. The molecule has 8 nitrogen and oxygen atoms in total. The fraction of sp³-hybridized carbons (Fsp3) is 0.294. The van der Waals surface area contributed by atoms with E-state index >= 15 is 0 Å². The molecule has 0 unspecified atom stereocenters. The fourth-order valence-electron chi connectivity index (χ4n) is 2.13. The Hall–Kier alpha value is -2.81. The van der Waals surface area contributed by atoms with Gasteiger partial charge in [0.25, 0.3) is 5.91 Å². The van der Waals surface area contributed by atoms with E-state index in [0.29, 0.717) is 17.1 Å². The third-order valence-corrected chi connectivity index (χ3v) is 5.87. The Balaban J connectivity index is 2.21. The van der Waals surface area contributed by atoms with E-state index in [1.54, 1.807) is 18.2 Å². The van der Waals surface area contributed by atoms with Crippen molar-refractivity contribution in [3.8, 4) is 5.75 Å². The van der Waals surface area contributed by atoms with E-state index in [2.05, 4.69) is 10.6 Å². The third-order valence-electron chi connectivity index (χ3n) is 3.77. The molecule has 0 aliphatic rings. The second-order valence-corrected chi connectivity index (χ2v) is 8.04. The first-order valence-electron chi connectivity index (χ1n) is 7.83. The lowest BCUT2D eigenvalue weighted by Crippen LogP contribution is -2.33. The topological polar surface area (TPSA) is 115 Å². The molecule has 2 rings (SSSR count). The minimum atomic E-state index is -3.51. The number of carbonyl (C=O) groups is 2. The smallest absolute Gasteiger partial charge is 0.291 e. The van der Waals surface area contributed by atoms with E-state index in [1.807, 2.05) is 0 Å². The number of ether oxygens (including phenoxy) is 1. The number of carbonyl (C=O) groups excluding carboxylic acids is 2. The van der Waals surface area contributed by atoms with E-state index in [4.69, 9.17) is 9.15 Å². The van der Waals surface area contributed by atoms with Crippen LogP contribution in [-0.2, 0) is 14.6 Å². The fourth-order valence-corrected chi connectivity index (χ4v) is 3.02. The highest BCUT2D eigenvalue weighted by Crippen LogP contribution is 2.28. The van der Waals surface area contributed by atoms with E-state index in [1.165, 1.54) is 39.4 Å². The van der Waals surface area contributed by atoms with Crippen LogP contribution in [0, 0.1) is 0 Å². The van der Waals surface area contributed by atoms with Gasteiger partial charge in [-0.25, -0.2) is 8.42 Å². The Labute approximate surface area is 151 Å². The summed E-state index contributed by atoms with van der Waals surface area (Å²) in [5, 5.41) is 3.97. The van der Waals surface area contributed by atoms with Crippen molar-refractivity contribution in [3.05, 3.63) is 42.4 Å². The molecule has 0 fully saturated rings. The predicted octanol–water partition coefficient (Wildman–Crippen LogP) is 2.30. The van der Waals surface area contributed by atoms with Crippen molar-refractivity contribution in [2.24, 2.45) is 0 Å². The zero-order chi connectivity index (χ0) is 19.3. The van der Waals surface area contributed by atoms with Gasteiger partial charge in [-0.3, -0.25) is 9.59 Å². The highest BCUT2D eigenvalue weighted by atomic mass is 32.2. The monoisotopic (exact) mass is 380 g/mol. The van der Waals surface area contributed by atoms with Crippen LogP contribution in [0.2, 0.25) is 0 Å². The second-order valence-electron chi connectivity index (χ2n) is 5.43. The van der Waals surface area contributed by atoms with Gasteiger partial charge in [-0.15, -0.1) is 0 Å². The van der Waals surface area contributed by atoms with Gasteiger partial charge < -0.3 is 19.8 Å². The molecular formula is C17H20N2O6S. The van der Waals surface area contributed by atoms with E-state index in [9.17, 15) is 18.0 Å². The number of sulfone groups is 1. The first-order chi connectivity index (χ1) is 12.3. The second kappa shape index (κ2) is 8.05. The van der Waals surface area contributed by atoms with Crippen LogP contribution in [0.4, 0.5) is 11.4 Å². The van der Waals surface area contributed by atoms with Crippen LogP contribution in [-0.4, -0.2) is 38.3 Å². The molecule has 1 heterocycles.